The Hall–Kier alpha value is -3.05. The summed E-state index contributed by atoms with van der Waals surface area (Å²) in [7, 11) is 0. The molecule has 0 saturated heterocycles. The first-order valence-corrected chi connectivity index (χ1v) is 9.57. The maximum absolute atomic E-state index is 13.0. The topological polar surface area (TPSA) is 54.9 Å². The molecule has 0 spiro atoms. The second-order valence-electron chi connectivity index (χ2n) is 6.46. The summed E-state index contributed by atoms with van der Waals surface area (Å²) in [4.78, 5) is 21.6. The molecule has 0 unspecified atom stereocenters. The highest BCUT2D eigenvalue weighted by Crippen LogP contribution is 2.26. The Bertz CT molecular complexity index is 1100. The van der Waals surface area contributed by atoms with E-state index < -0.39 is 0 Å². The van der Waals surface area contributed by atoms with Gasteiger partial charge in [-0.15, -0.1) is 11.3 Å². The van der Waals surface area contributed by atoms with Crippen molar-refractivity contribution in [1.82, 2.24) is 15.3 Å². The highest BCUT2D eigenvalue weighted by atomic mass is 32.1. The molecule has 27 heavy (non-hydrogen) atoms. The summed E-state index contributed by atoms with van der Waals surface area (Å²) in [6, 6.07) is 17.4. The second-order valence-corrected chi connectivity index (χ2v) is 7.69. The summed E-state index contributed by atoms with van der Waals surface area (Å²) in [5.74, 6) is -0.104. The van der Waals surface area contributed by atoms with Gasteiger partial charge in [0.15, 0.2) is 0 Å². The number of nitrogens with one attached hydrogen (secondary N) is 1. The van der Waals surface area contributed by atoms with Crippen LogP contribution in [0.15, 0.2) is 67.0 Å². The normalized spacial score (nSPS) is 12.1. The Morgan fingerprint density at radius 2 is 1.81 bits per heavy atom. The summed E-state index contributed by atoms with van der Waals surface area (Å²) in [6.07, 6.45) is 3.50. The van der Waals surface area contributed by atoms with Gasteiger partial charge < -0.3 is 5.32 Å². The van der Waals surface area contributed by atoms with E-state index in [2.05, 4.69) is 34.3 Å². The number of carbonyl (C=O) groups is 1. The molecule has 2 aromatic carbocycles. The van der Waals surface area contributed by atoms with Gasteiger partial charge in [-0.3, -0.25) is 9.78 Å². The van der Waals surface area contributed by atoms with Gasteiger partial charge >= 0.3 is 0 Å². The van der Waals surface area contributed by atoms with Gasteiger partial charge in [-0.1, -0.05) is 24.3 Å². The van der Waals surface area contributed by atoms with Crippen LogP contribution in [0.1, 0.15) is 38.1 Å². The standard InChI is InChI=1S/C22H19N3OS/c1-14-5-3-4-6-18(14)21(16-9-11-23-12-10-16)25-22(26)17-7-8-19-20(13-17)27-15(2)24-19/h3-13,21H,1-2H3,(H,25,26)/t21-/m0/s1. The number of thiazole rings is 1. The van der Waals surface area contributed by atoms with Gasteiger partial charge in [-0.25, -0.2) is 4.98 Å². The molecule has 0 bridgehead atoms. The van der Waals surface area contributed by atoms with E-state index in [4.69, 9.17) is 0 Å². The Labute approximate surface area is 161 Å². The zero-order valence-electron chi connectivity index (χ0n) is 15.1. The van der Waals surface area contributed by atoms with E-state index in [-0.39, 0.29) is 11.9 Å². The molecule has 4 aromatic rings. The van der Waals surface area contributed by atoms with Crippen LogP contribution in [0.2, 0.25) is 0 Å². The molecule has 0 radical (unpaired) electrons. The number of pyridine rings is 1. The number of nitrogens with zero attached hydrogens (tertiary/aromatic N) is 2. The number of rotatable bonds is 4. The number of benzene rings is 2. The molecule has 134 valence electrons. The quantitative estimate of drug-likeness (QED) is 0.557. The van der Waals surface area contributed by atoms with E-state index in [0.717, 1.165) is 31.9 Å². The molecule has 2 heterocycles. The molecule has 1 atom stereocenters. The highest BCUT2D eigenvalue weighted by molar-refractivity contribution is 7.18. The Morgan fingerprint density at radius 1 is 1.04 bits per heavy atom. The average Bonchev–Trinajstić information content (AvgIpc) is 3.06. The lowest BCUT2D eigenvalue weighted by Crippen LogP contribution is -2.29. The number of fused-ring (bicyclic) bond motifs is 1. The van der Waals surface area contributed by atoms with Crippen molar-refractivity contribution in [2.45, 2.75) is 19.9 Å². The molecule has 0 aliphatic rings. The van der Waals surface area contributed by atoms with Crippen molar-refractivity contribution in [2.75, 3.05) is 0 Å². The van der Waals surface area contributed by atoms with Crippen LogP contribution in [0.5, 0.6) is 0 Å². The molecule has 1 N–H and O–H groups in total. The van der Waals surface area contributed by atoms with Crippen LogP contribution in [0.4, 0.5) is 0 Å². The van der Waals surface area contributed by atoms with Gasteiger partial charge in [0.1, 0.15) is 0 Å². The first-order valence-electron chi connectivity index (χ1n) is 8.75. The Morgan fingerprint density at radius 3 is 2.59 bits per heavy atom. The fourth-order valence-corrected chi connectivity index (χ4v) is 4.07. The van der Waals surface area contributed by atoms with Crippen LogP contribution in [0, 0.1) is 13.8 Å². The third kappa shape index (κ3) is 3.59. The Balaban J connectivity index is 1.70. The molecular weight excluding hydrogens is 354 g/mol. The van der Waals surface area contributed by atoms with E-state index in [1.54, 1.807) is 23.7 Å². The molecule has 4 nitrogen and oxygen atoms in total. The van der Waals surface area contributed by atoms with Crippen molar-refractivity contribution in [3.05, 3.63) is 94.3 Å². The number of aryl methyl sites for hydroxylation is 2. The van der Waals surface area contributed by atoms with Crippen molar-refractivity contribution in [3.8, 4) is 0 Å². The molecule has 1 amide bonds. The first-order chi connectivity index (χ1) is 13.1. The van der Waals surface area contributed by atoms with Gasteiger partial charge in [0.2, 0.25) is 0 Å². The number of carbonyl (C=O) groups excluding carboxylic acids is 1. The molecule has 4 rings (SSSR count). The van der Waals surface area contributed by atoms with E-state index in [9.17, 15) is 4.79 Å². The third-order valence-corrected chi connectivity index (χ3v) is 5.51. The van der Waals surface area contributed by atoms with Crippen LogP contribution in [0.25, 0.3) is 10.2 Å². The summed E-state index contributed by atoms with van der Waals surface area (Å²) in [5.41, 5.74) is 4.78. The molecular formula is C22H19N3OS. The predicted molar refractivity (Wildman–Crippen MR) is 109 cm³/mol. The maximum Gasteiger partial charge on any atom is 0.252 e. The van der Waals surface area contributed by atoms with Crippen molar-refractivity contribution >= 4 is 27.5 Å². The van der Waals surface area contributed by atoms with E-state index in [1.807, 2.05) is 49.4 Å². The van der Waals surface area contributed by atoms with Crippen molar-refractivity contribution in [3.63, 3.8) is 0 Å². The molecule has 5 heteroatoms. The maximum atomic E-state index is 13.0. The monoisotopic (exact) mass is 373 g/mol. The second kappa shape index (κ2) is 7.29. The third-order valence-electron chi connectivity index (χ3n) is 4.57. The van der Waals surface area contributed by atoms with Gasteiger partial charge in [-0.2, -0.15) is 0 Å². The summed E-state index contributed by atoms with van der Waals surface area (Å²) in [6.45, 7) is 4.03. The van der Waals surface area contributed by atoms with Gasteiger partial charge in [-0.05, 0) is 60.9 Å². The fourth-order valence-electron chi connectivity index (χ4n) is 3.20. The zero-order chi connectivity index (χ0) is 18.8. The van der Waals surface area contributed by atoms with Crippen molar-refractivity contribution in [1.29, 1.82) is 0 Å². The number of amides is 1. The summed E-state index contributed by atoms with van der Waals surface area (Å²) < 4.78 is 1.02. The number of hydrogen-bond donors (Lipinski definition) is 1. The van der Waals surface area contributed by atoms with Gasteiger partial charge in [0, 0.05) is 18.0 Å². The average molecular weight is 373 g/mol. The lowest BCUT2D eigenvalue weighted by molar-refractivity contribution is 0.0943. The highest BCUT2D eigenvalue weighted by Gasteiger charge is 2.19. The van der Waals surface area contributed by atoms with Crippen LogP contribution < -0.4 is 5.32 Å². The minimum atomic E-state index is -0.236. The van der Waals surface area contributed by atoms with Crippen LogP contribution in [-0.4, -0.2) is 15.9 Å². The van der Waals surface area contributed by atoms with Crippen molar-refractivity contribution in [2.24, 2.45) is 0 Å². The van der Waals surface area contributed by atoms with Gasteiger partial charge in [0.05, 0.1) is 21.3 Å². The summed E-state index contributed by atoms with van der Waals surface area (Å²) in [5, 5.41) is 4.19. The first kappa shape index (κ1) is 17.4. The Kier molecular flexibility index (Phi) is 4.69. The molecule has 0 aliphatic carbocycles. The molecule has 0 aliphatic heterocycles. The van der Waals surface area contributed by atoms with Crippen LogP contribution >= 0.6 is 11.3 Å². The van der Waals surface area contributed by atoms with Crippen LogP contribution in [-0.2, 0) is 0 Å². The lowest BCUT2D eigenvalue weighted by atomic mass is 9.95. The predicted octanol–water partition coefficient (Wildman–Crippen LogP) is 4.83. The SMILES string of the molecule is Cc1nc2ccc(C(=O)N[C@@H](c3ccncc3)c3ccccc3C)cc2s1. The van der Waals surface area contributed by atoms with E-state index >= 15 is 0 Å². The fraction of sp³-hybridized carbons (Fsp3) is 0.136. The van der Waals surface area contributed by atoms with Crippen LogP contribution in [0.3, 0.4) is 0 Å². The number of hydrogen-bond acceptors (Lipinski definition) is 4. The zero-order valence-corrected chi connectivity index (χ0v) is 16.0. The number of aromatic nitrogens is 2. The van der Waals surface area contributed by atoms with E-state index in [0.29, 0.717) is 5.56 Å². The largest absolute Gasteiger partial charge is 0.341 e. The van der Waals surface area contributed by atoms with E-state index in [1.165, 1.54) is 0 Å². The van der Waals surface area contributed by atoms with Crippen molar-refractivity contribution < 1.29 is 4.79 Å². The smallest absolute Gasteiger partial charge is 0.252 e. The molecule has 2 aromatic heterocycles. The molecule has 0 fully saturated rings. The van der Waals surface area contributed by atoms with Gasteiger partial charge in [0.25, 0.3) is 5.91 Å². The minimum absolute atomic E-state index is 0.104. The molecule has 0 saturated carbocycles. The lowest BCUT2D eigenvalue weighted by Gasteiger charge is -2.21. The summed E-state index contributed by atoms with van der Waals surface area (Å²) >= 11 is 1.60. The minimum Gasteiger partial charge on any atom is -0.341 e.